The molecular weight excluding hydrogens is 254 g/mol. The van der Waals surface area contributed by atoms with E-state index in [-0.39, 0.29) is 0 Å². The molecule has 0 amide bonds. The molecule has 3 rings (SSSR count). The normalized spacial score (nSPS) is 22.2. The van der Waals surface area contributed by atoms with Crippen molar-refractivity contribution in [3.63, 3.8) is 0 Å². The molecule has 1 saturated heterocycles. The minimum atomic E-state index is 0.449. The summed E-state index contributed by atoms with van der Waals surface area (Å²) < 4.78 is 0. The third-order valence-corrected chi connectivity index (χ3v) is 5.34. The Labute approximate surface area is 120 Å². The molecule has 0 spiro atoms. The highest BCUT2D eigenvalue weighted by atomic mass is 32.1. The summed E-state index contributed by atoms with van der Waals surface area (Å²) >= 11 is 1.90. The Bertz CT molecular complexity index is 448. The monoisotopic (exact) mass is 279 g/mol. The Kier molecular flexibility index (Phi) is 3.56. The maximum atomic E-state index is 4.88. The van der Waals surface area contributed by atoms with Gasteiger partial charge in [-0.1, -0.05) is 20.8 Å². The number of nitrogens with zero attached hydrogens (tertiary/aromatic N) is 2. The van der Waals surface area contributed by atoms with Gasteiger partial charge in [-0.3, -0.25) is 0 Å². The van der Waals surface area contributed by atoms with Crippen LogP contribution in [-0.4, -0.2) is 24.1 Å². The Morgan fingerprint density at radius 2 is 2.21 bits per heavy atom. The molecule has 4 heteroatoms. The molecule has 1 aromatic heterocycles. The van der Waals surface area contributed by atoms with E-state index in [4.69, 9.17) is 4.98 Å². The van der Waals surface area contributed by atoms with Crippen molar-refractivity contribution in [1.29, 1.82) is 0 Å². The number of hydrogen-bond donors (Lipinski definition) is 1. The molecule has 2 fully saturated rings. The lowest BCUT2D eigenvalue weighted by Crippen LogP contribution is -2.22. The van der Waals surface area contributed by atoms with Crippen LogP contribution in [0.2, 0.25) is 0 Å². The van der Waals surface area contributed by atoms with Gasteiger partial charge in [0.15, 0.2) is 5.13 Å². The first kappa shape index (κ1) is 13.4. The molecule has 2 aliphatic rings. The molecule has 1 aromatic rings. The van der Waals surface area contributed by atoms with Crippen molar-refractivity contribution in [2.24, 2.45) is 5.41 Å². The van der Waals surface area contributed by atoms with Gasteiger partial charge in [-0.25, -0.2) is 4.98 Å². The molecule has 0 aromatic carbocycles. The van der Waals surface area contributed by atoms with E-state index in [1.54, 1.807) is 0 Å². The van der Waals surface area contributed by atoms with Crippen LogP contribution in [0.3, 0.4) is 0 Å². The zero-order valence-corrected chi connectivity index (χ0v) is 13.1. The molecule has 1 aliphatic carbocycles. The summed E-state index contributed by atoms with van der Waals surface area (Å²) in [6.07, 6.45) is 5.04. The van der Waals surface area contributed by atoms with Gasteiger partial charge < -0.3 is 10.2 Å². The summed E-state index contributed by atoms with van der Waals surface area (Å²) in [5.74, 6) is 0. The second-order valence-electron chi connectivity index (χ2n) is 6.71. The van der Waals surface area contributed by atoms with Gasteiger partial charge in [-0.05, 0) is 31.1 Å². The average Bonchev–Trinajstić information content (AvgIpc) is 3.00. The van der Waals surface area contributed by atoms with E-state index in [1.807, 2.05) is 11.3 Å². The van der Waals surface area contributed by atoms with Crippen LogP contribution < -0.4 is 10.2 Å². The van der Waals surface area contributed by atoms with E-state index in [0.29, 0.717) is 5.41 Å². The van der Waals surface area contributed by atoms with E-state index < -0.39 is 0 Å². The highest BCUT2D eigenvalue weighted by Crippen LogP contribution is 2.36. The first-order valence-corrected chi connectivity index (χ1v) is 8.36. The standard InChI is InChI=1S/C15H25N3S/c1-4-12-13(9-16-11-5-6-11)19-14(17-12)18-8-7-15(2,3)10-18/h11,16H,4-10H2,1-3H3. The van der Waals surface area contributed by atoms with Crippen LogP contribution in [-0.2, 0) is 13.0 Å². The lowest BCUT2D eigenvalue weighted by molar-refractivity contribution is 0.418. The Morgan fingerprint density at radius 1 is 1.42 bits per heavy atom. The van der Waals surface area contributed by atoms with E-state index in [9.17, 15) is 0 Å². The lowest BCUT2D eigenvalue weighted by atomic mass is 9.93. The SMILES string of the molecule is CCc1nc(N2CCC(C)(C)C2)sc1CNC1CC1. The number of aromatic nitrogens is 1. The molecule has 0 atom stereocenters. The minimum Gasteiger partial charge on any atom is -0.348 e. The Hall–Kier alpha value is -0.610. The molecule has 0 unspecified atom stereocenters. The average molecular weight is 279 g/mol. The third-order valence-electron chi connectivity index (χ3n) is 4.18. The number of anilines is 1. The largest absolute Gasteiger partial charge is 0.348 e. The van der Waals surface area contributed by atoms with Crippen molar-refractivity contribution in [2.45, 2.75) is 59.0 Å². The second-order valence-corrected chi connectivity index (χ2v) is 7.77. The van der Waals surface area contributed by atoms with Gasteiger partial charge in [0.1, 0.15) is 0 Å². The maximum absolute atomic E-state index is 4.88. The van der Waals surface area contributed by atoms with Crippen molar-refractivity contribution >= 4 is 16.5 Å². The van der Waals surface area contributed by atoms with Crippen LogP contribution >= 0.6 is 11.3 Å². The van der Waals surface area contributed by atoms with Crippen LogP contribution in [0, 0.1) is 5.41 Å². The van der Waals surface area contributed by atoms with E-state index in [1.165, 1.54) is 41.5 Å². The molecule has 2 heterocycles. The number of hydrogen-bond acceptors (Lipinski definition) is 4. The highest BCUT2D eigenvalue weighted by Gasteiger charge is 2.31. The second kappa shape index (κ2) is 5.06. The van der Waals surface area contributed by atoms with E-state index in [2.05, 4.69) is 31.0 Å². The van der Waals surface area contributed by atoms with Gasteiger partial charge in [0.2, 0.25) is 0 Å². The number of aryl methyl sites for hydroxylation is 1. The van der Waals surface area contributed by atoms with Gasteiger partial charge in [-0.15, -0.1) is 11.3 Å². The van der Waals surface area contributed by atoms with Crippen molar-refractivity contribution in [1.82, 2.24) is 10.3 Å². The van der Waals surface area contributed by atoms with Crippen LogP contribution in [0.1, 0.15) is 50.6 Å². The van der Waals surface area contributed by atoms with E-state index in [0.717, 1.165) is 25.6 Å². The third kappa shape index (κ3) is 3.11. The Balaban J connectivity index is 1.71. The molecule has 1 saturated carbocycles. The topological polar surface area (TPSA) is 28.2 Å². The van der Waals surface area contributed by atoms with Gasteiger partial charge >= 0.3 is 0 Å². The first-order valence-electron chi connectivity index (χ1n) is 7.54. The molecular formula is C15H25N3S. The highest BCUT2D eigenvalue weighted by molar-refractivity contribution is 7.15. The summed E-state index contributed by atoms with van der Waals surface area (Å²) in [5, 5.41) is 4.87. The summed E-state index contributed by atoms with van der Waals surface area (Å²) in [7, 11) is 0. The first-order chi connectivity index (χ1) is 9.07. The number of nitrogens with one attached hydrogen (secondary N) is 1. The molecule has 106 valence electrons. The van der Waals surface area contributed by atoms with Crippen molar-refractivity contribution in [2.75, 3.05) is 18.0 Å². The fourth-order valence-electron chi connectivity index (χ4n) is 2.72. The maximum Gasteiger partial charge on any atom is 0.185 e. The quantitative estimate of drug-likeness (QED) is 0.897. The molecule has 0 bridgehead atoms. The van der Waals surface area contributed by atoms with Crippen LogP contribution in [0.4, 0.5) is 5.13 Å². The summed E-state index contributed by atoms with van der Waals surface area (Å²) in [6, 6.07) is 0.779. The van der Waals surface area contributed by atoms with Gasteiger partial charge in [0.25, 0.3) is 0 Å². The van der Waals surface area contributed by atoms with E-state index >= 15 is 0 Å². The van der Waals surface area contributed by atoms with Gasteiger partial charge in [0, 0.05) is 30.6 Å². The number of thiazole rings is 1. The fourth-order valence-corrected chi connectivity index (χ4v) is 3.84. The van der Waals surface area contributed by atoms with Crippen LogP contribution in [0.5, 0.6) is 0 Å². The van der Waals surface area contributed by atoms with Gasteiger partial charge in [-0.2, -0.15) is 0 Å². The molecule has 1 N–H and O–H groups in total. The lowest BCUT2D eigenvalue weighted by Gasteiger charge is -2.18. The smallest absolute Gasteiger partial charge is 0.185 e. The summed E-state index contributed by atoms with van der Waals surface area (Å²) in [4.78, 5) is 8.81. The van der Waals surface area contributed by atoms with Crippen molar-refractivity contribution in [3.8, 4) is 0 Å². The number of rotatable bonds is 5. The summed E-state index contributed by atoms with van der Waals surface area (Å²) in [6.45, 7) is 10.3. The van der Waals surface area contributed by atoms with Gasteiger partial charge in [0.05, 0.1) is 5.69 Å². The zero-order chi connectivity index (χ0) is 13.5. The predicted octanol–water partition coefficient (Wildman–Crippen LogP) is 3.19. The summed E-state index contributed by atoms with van der Waals surface area (Å²) in [5.41, 5.74) is 1.75. The minimum absolute atomic E-state index is 0.449. The Morgan fingerprint density at radius 3 is 2.79 bits per heavy atom. The molecule has 1 aliphatic heterocycles. The molecule has 3 nitrogen and oxygen atoms in total. The zero-order valence-electron chi connectivity index (χ0n) is 12.3. The van der Waals surface area contributed by atoms with Crippen molar-refractivity contribution < 1.29 is 0 Å². The van der Waals surface area contributed by atoms with Crippen LogP contribution in [0.15, 0.2) is 0 Å². The van der Waals surface area contributed by atoms with Crippen LogP contribution in [0.25, 0.3) is 0 Å². The molecule has 19 heavy (non-hydrogen) atoms. The fraction of sp³-hybridized carbons (Fsp3) is 0.800. The van der Waals surface area contributed by atoms with Crippen molar-refractivity contribution in [3.05, 3.63) is 10.6 Å². The predicted molar refractivity (Wildman–Crippen MR) is 82.0 cm³/mol. The molecule has 0 radical (unpaired) electrons.